The molecule has 5 heteroatoms. The van der Waals surface area contributed by atoms with Crippen LogP contribution in [0.15, 0.2) is 78.9 Å². The Morgan fingerprint density at radius 3 is 2.31 bits per heavy atom. The van der Waals surface area contributed by atoms with Crippen LogP contribution in [0, 0.1) is 0 Å². The van der Waals surface area contributed by atoms with Crippen LogP contribution in [-0.2, 0) is 11.4 Å². The molecule has 5 nitrogen and oxygen atoms in total. The number of rotatable bonds is 9. The molecule has 29 heavy (non-hydrogen) atoms. The molecule has 3 aromatic carbocycles. The molecule has 3 rings (SSSR count). The Labute approximate surface area is 171 Å². The summed E-state index contributed by atoms with van der Waals surface area (Å²) in [5, 5.41) is 6.00. The van der Waals surface area contributed by atoms with Gasteiger partial charge in [-0.1, -0.05) is 42.5 Å². The van der Waals surface area contributed by atoms with Gasteiger partial charge in [-0.25, -0.2) is 0 Å². The molecule has 0 saturated heterocycles. The van der Waals surface area contributed by atoms with Gasteiger partial charge in [-0.2, -0.15) is 0 Å². The van der Waals surface area contributed by atoms with E-state index in [1.54, 1.807) is 0 Å². The van der Waals surface area contributed by atoms with Crippen molar-refractivity contribution in [1.82, 2.24) is 0 Å². The number of hydrogen-bond donors (Lipinski definition) is 2. The first kappa shape index (κ1) is 20.3. The summed E-state index contributed by atoms with van der Waals surface area (Å²) in [5.41, 5.74) is 2.62. The van der Waals surface area contributed by atoms with Gasteiger partial charge in [0.1, 0.15) is 18.1 Å². The number of para-hydroxylation sites is 2. The van der Waals surface area contributed by atoms with Crippen LogP contribution in [0.2, 0.25) is 0 Å². The average Bonchev–Trinajstić information content (AvgIpc) is 2.73. The third kappa shape index (κ3) is 6.57. The van der Waals surface area contributed by atoms with Gasteiger partial charge in [0, 0.05) is 5.69 Å². The second-order valence-electron chi connectivity index (χ2n) is 6.86. The van der Waals surface area contributed by atoms with E-state index >= 15 is 0 Å². The van der Waals surface area contributed by atoms with E-state index in [0.29, 0.717) is 6.61 Å². The lowest BCUT2D eigenvalue weighted by Gasteiger charge is -2.15. The fraction of sp³-hybridized carbons (Fsp3) is 0.208. The number of nitrogens with one attached hydrogen (secondary N) is 2. The van der Waals surface area contributed by atoms with Gasteiger partial charge in [0.25, 0.3) is 0 Å². The summed E-state index contributed by atoms with van der Waals surface area (Å²) in [5.74, 6) is 1.35. The SMILES string of the molecule is CC(C)Oc1ccccc1NCC(=O)Nc1ccc(OCc2ccccc2)cc1. The van der Waals surface area contributed by atoms with Crippen molar-refractivity contribution in [3.63, 3.8) is 0 Å². The Hall–Kier alpha value is -3.47. The Morgan fingerprint density at radius 1 is 0.897 bits per heavy atom. The molecule has 0 radical (unpaired) electrons. The first-order valence-corrected chi connectivity index (χ1v) is 9.66. The van der Waals surface area contributed by atoms with E-state index < -0.39 is 0 Å². The third-order valence-corrected chi connectivity index (χ3v) is 4.08. The first-order chi connectivity index (χ1) is 14.1. The van der Waals surface area contributed by atoms with Crippen LogP contribution in [0.4, 0.5) is 11.4 Å². The smallest absolute Gasteiger partial charge is 0.243 e. The summed E-state index contributed by atoms with van der Waals surface area (Å²) in [6, 6.07) is 24.9. The van der Waals surface area contributed by atoms with Gasteiger partial charge in [-0.3, -0.25) is 4.79 Å². The summed E-state index contributed by atoms with van der Waals surface area (Å²) < 4.78 is 11.5. The van der Waals surface area contributed by atoms with Crippen molar-refractivity contribution in [2.75, 3.05) is 17.2 Å². The molecule has 0 unspecified atom stereocenters. The number of anilines is 2. The van der Waals surface area contributed by atoms with Gasteiger partial charge < -0.3 is 20.1 Å². The van der Waals surface area contributed by atoms with E-state index in [1.165, 1.54) is 0 Å². The normalized spacial score (nSPS) is 10.4. The van der Waals surface area contributed by atoms with Crippen molar-refractivity contribution in [1.29, 1.82) is 0 Å². The zero-order valence-corrected chi connectivity index (χ0v) is 16.7. The van der Waals surface area contributed by atoms with E-state index in [9.17, 15) is 4.79 Å². The average molecular weight is 390 g/mol. The molecule has 0 spiro atoms. The van der Waals surface area contributed by atoms with Crippen molar-refractivity contribution in [2.45, 2.75) is 26.6 Å². The zero-order valence-electron chi connectivity index (χ0n) is 16.7. The number of carbonyl (C=O) groups is 1. The molecule has 0 fully saturated rings. The lowest BCUT2D eigenvalue weighted by Crippen LogP contribution is -2.22. The minimum atomic E-state index is -0.137. The maximum atomic E-state index is 12.3. The molecule has 0 aliphatic heterocycles. The minimum Gasteiger partial charge on any atom is -0.489 e. The topological polar surface area (TPSA) is 59.6 Å². The van der Waals surface area contributed by atoms with Crippen LogP contribution in [-0.4, -0.2) is 18.6 Å². The van der Waals surface area contributed by atoms with Crippen LogP contribution in [0.5, 0.6) is 11.5 Å². The Balaban J connectivity index is 1.48. The number of amides is 1. The summed E-state index contributed by atoms with van der Waals surface area (Å²) in [6.45, 7) is 4.59. The molecular weight excluding hydrogens is 364 g/mol. The molecule has 0 atom stereocenters. The summed E-state index contributed by atoms with van der Waals surface area (Å²) in [6.07, 6.45) is 0.0643. The molecule has 0 aliphatic rings. The Bertz CT molecular complexity index is 909. The standard InChI is InChI=1S/C24H26N2O3/c1-18(2)29-23-11-7-6-10-22(23)25-16-24(27)26-20-12-14-21(15-13-20)28-17-19-8-4-3-5-9-19/h3-15,18,25H,16-17H2,1-2H3,(H,26,27). The van der Waals surface area contributed by atoms with E-state index in [0.717, 1.165) is 28.4 Å². The Kier molecular flexibility index (Phi) is 7.11. The molecule has 0 heterocycles. The zero-order chi connectivity index (χ0) is 20.5. The largest absolute Gasteiger partial charge is 0.489 e. The van der Waals surface area contributed by atoms with Crippen LogP contribution < -0.4 is 20.1 Å². The summed E-state index contributed by atoms with van der Waals surface area (Å²) in [4.78, 5) is 12.3. The highest BCUT2D eigenvalue weighted by Gasteiger charge is 2.07. The number of carbonyl (C=O) groups excluding carboxylic acids is 1. The highest BCUT2D eigenvalue weighted by atomic mass is 16.5. The van der Waals surface area contributed by atoms with Crippen LogP contribution in [0.3, 0.4) is 0 Å². The van der Waals surface area contributed by atoms with Crippen molar-refractivity contribution in [3.05, 3.63) is 84.4 Å². The van der Waals surface area contributed by atoms with Crippen molar-refractivity contribution in [3.8, 4) is 11.5 Å². The van der Waals surface area contributed by atoms with Gasteiger partial charge in [0.2, 0.25) is 5.91 Å². The Morgan fingerprint density at radius 2 is 1.59 bits per heavy atom. The summed E-state index contributed by atoms with van der Waals surface area (Å²) >= 11 is 0. The van der Waals surface area contributed by atoms with Gasteiger partial charge >= 0.3 is 0 Å². The van der Waals surface area contributed by atoms with Crippen LogP contribution in [0.1, 0.15) is 19.4 Å². The molecule has 3 aromatic rings. The first-order valence-electron chi connectivity index (χ1n) is 9.66. The monoisotopic (exact) mass is 390 g/mol. The number of ether oxygens (including phenoxy) is 2. The molecule has 0 aromatic heterocycles. The lowest BCUT2D eigenvalue weighted by atomic mass is 10.2. The fourth-order valence-electron chi connectivity index (χ4n) is 2.73. The second kappa shape index (κ2) is 10.2. The molecule has 1 amide bonds. The maximum absolute atomic E-state index is 12.3. The number of hydrogen-bond acceptors (Lipinski definition) is 4. The van der Waals surface area contributed by atoms with Crippen molar-refractivity contribution >= 4 is 17.3 Å². The molecule has 0 aliphatic carbocycles. The number of benzene rings is 3. The molecule has 2 N–H and O–H groups in total. The molecule has 0 saturated carbocycles. The van der Waals surface area contributed by atoms with E-state index in [-0.39, 0.29) is 18.6 Å². The molecule has 150 valence electrons. The van der Waals surface area contributed by atoms with Gasteiger partial charge in [-0.15, -0.1) is 0 Å². The van der Waals surface area contributed by atoms with E-state index in [4.69, 9.17) is 9.47 Å². The molecular formula is C24H26N2O3. The maximum Gasteiger partial charge on any atom is 0.243 e. The fourth-order valence-corrected chi connectivity index (χ4v) is 2.73. The van der Waals surface area contributed by atoms with Crippen LogP contribution >= 0.6 is 0 Å². The van der Waals surface area contributed by atoms with E-state index in [1.807, 2.05) is 92.7 Å². The summed E-state index contributed by atoms with van der Waals surface area (Å²) in [7, 11) is 0. The second-order valence-corrected chi connectivity index (χ2v) is 6.86. The quantitative estimate of drug-likeness (QED) is 0.533. The molecule has 0 bridgehead atoms. The predicted octanol–water partition coefficient (Wildman–Crippen LogP) is 5.10. The predicted molar refractivity (Wildman–Crippen MR) is 117 cm³/mol. The van der Waals surface area contributed by atoms with Crippen LogP contribution in [0.25, 0.3) is 0 Å². The minimum absolute atomic E-state index is 0.0643. The highest BCUT2D eigenvalue weighted by Crippen LogP contribution is 2.24. The lowest BCUT2D eigenvalue weighted by molar-refractivity contribution is -0.114. The van der Waals surface area contributed by atoms with Crippen molar-refractivity contribution in [2.24, 2.45) is 0 Å². The third-order valence-electron chi connectivity index (χ3n) is 4.08. The van der Waals surface area contributed by atoms with Gasteiger partial charge in [0.15, 0.2) is 0 Å². The van der Waals surface area contributed by atoms with E-state index in [2.05, 4.69) is 10.6 Å². The van der Waals surface area contributed by atoms with Gasteiger partial charge in [-0.05, 0) is 55.8 Å². The van der Waals surface area contributed by atoms with Gasteiger partial charge in [0.05, 0.1) is 18.3 Å². The highest BCUT2D eigenvalue weighted by molar-refractivity contribution is 5.94. The van der Waals surface area contributed by atoms with Crippen molar-refractivity contribution < 1.29 is 14.3 Å².